The molecule has 1 atom stereocenters. The number of oxime groups is 1. The molecule has 0 saturated heterocycles. The first kappa shape index (κ1) is 27.2. The number of benzene rings is 2. The lowest BCUT2D eigenvalue weighted by molar-refractivity contribution is -0.275. The molecule has 3 aromatic rings. The second kappa shape index (κ2) is 9.97. The average molecular weight is 607 g/mol. The van der Waals surface area contributed by atoms with Crippen molar-refractivity contribution < 1.29 is 27.2 Å². The van der Waals surface area contributed by atoms with Crippen molar-refractivity contribution in [3.8, 4) is 0 Å². The number of amides is 1. The Morgan fingerprint density at radius 3 is 2.42 bits per heavy atom. The minimum Gasteiger partial charge on any atom is -0.374 e. The van der Waals surface area contributed by atoms with Crippen LogP contribution in [-0.2, 0) is 17.0 Å². The Balaban J connectivity index is 1.41. The molecule has 1 fully saturated rings. The first-order valence-electron chi connectivity index (χ1n) is 11.4. The number of aromatic nitrogens is 1. The van der Waals surface area contributed by atoms with E-state index in [0.29, 0.717) is 27.7 Å². The van der Waals surface area contributed by atoms with Gasteiger partial charge in [0.2, 0.25) is 0 Å². The van der Waals surface area contributed by atoms with E-state index in [-0.39, 0.29) is 17.7 Å². The van der Waals surface area contributed by atoms with E-state index in [1.54, 1.807) is 30.2 Å². The van der Waals surface area contributed by atoms with Crippen LogP contribution in [0.5, 0.6) is 0 Å². The lowest BCUT2D eigenvalue weighted by Crippen LogP contribution is -2.42. The Morgan fingerprint density at radius 2 is 1.87 bits per heavy atom. The van der Waals surface area contributed by atoms with E-state index in [9.17, 15) is 22.4 Å². The van der Waals surface area contributed by atoms with Crippen LogP contribution in [-0.4, -0.2) is 33.7 Å². The van der Waals surface area contributed by atoms with Gasteiger partial charge in [0.25, 0.3) is 11.5 Å². The Morgan fingerprint density at radius 1 is 1.18 bits per heavy atom. The standard InChI is InChI=1S/C25H18Cl3F4N3O2S/c1-12-6-13(2-5-17(12)22(36)35(15-3-4-15)11-16-10-33-23(28)38-16)20-9-24(37-34-20,25(30,31)32)14-7-18(26)21(29)19(27)8-14/h2,5-8,10,15H,3-4,9,11H2,1H3. The Kier molecular flexibility index (Phi) is 7.13. The van der Waals surface area contributed by atoms with Gasteiger partial charge in [0, 0.05) is 34.7 Å². The zero-order valence-electron chi connectivity index (χ0n) is 19.6. The van der Waals surface area contributed by atoms with Crippen LogP contribution in [0.25, 0.3) is 0 Å². The minimum atomic E-state index is -4.92. The maximum Gasteiger partial charge on any atom is 0.435 e. The molecule has 1 aliphatic heterocycles. The molecule has 5 nitrogen and oxygen atoms in total. The minimum absolute atomic E-state index is 0.0133. The summed E-state index contributed by atoms with van der Waals surface area (Å²) >= 11 is 18.8. The maximum absolute atomic E-state index is 14.3. The third kappa shape index (κ3) is 4.99. The van der Waals surface area contributed by atoms with Gasteiger partial charge in [0.15, 0.2) is 10.3 Å². The SMILES string of the molecule is Cc1cc(C2=NOC(c3cc(Cl)c(F)c(Cl)c3)(C(F)(F)F)C2)ccc1C(=O)N(Cc1cnc(Cl)s1)C1CC1. The normalized spacial score (nSPS) is 19.3. The summed E-state index contributed by atoms with van der Waals surface area (Å²) in [5.41, 5.74) is -2.00. The zero-order valence-corrected chi connectivity index (χ0v) is 22.7. The average Bonchev–Trinajstić information content (AvgIpc) is 3.43. The van der Waals surface area contributed by atoms with Gasteiger partial charge in [-0.15, -0.1) is 11.3 Å². The fourth-order valence-electron chi connectivity index (χ4n) is 4.36. The van der Waals surface area contributed by atoms with Crippen molar-refractivity contribution in [1.82, 2.24) is 9.88 Å². The van der Waals surface area contributed by atoms with E-state index in [1.165, 1.54) is 17.4 Å². The summed E-state index contributed by atoms with van der Waals surface area (Å²) < 4.78 is 57.2. The van der Waals surface area contributed by atoms with Crippen LogP contribution in [0.2, 0.25) is 14.5 Å². The van der Waals surface area contributed by atoms with Crippen LogP contribution in [0, 0.1) is 12.7 Å². The number of alkyl halides is 3. The summed E-state index contributed by atoms with van der Waals surface area (Å²) in [5, 5.41) is 2.61. The Hall–Kier alpha value is -2.40. The number of rotatable bonds is 6. The highest BCUT2D eigenvalue weighted by atomic mass is 35.5. The van der Waals surface area contributed by atoms with E-state index >= 15 is 0 Å². The number of halogens is 7. The van der Waals surface area contributed by atoms with Gasteiger partial charge in [-0.05, 0) is 55.2 Å². The third-order valence-electron chi connectivity index (χ3n) is 6.53. The number of thiazole rings is 1. The summed E-state index contributed by atoms with van der Waals surface area (Å²) in [4.78, 5) is 25.1. The van der Waals surface area contributed by atoms with Crippen molar-refractivity contribution in [3.63, 3.8) is 0 Å². The first-order valence-corrected chi connectivity index (χ1v) is 13.3. The molecule has 2 aromatic carbocycles. The predicted octanol–water partition coefficient (Wildman–Crippen LogP) is 7.94. The van der Waals surface area contributed by atoms with Gasteiger partial charge >= 0.3 is 6.18 Å². The van der Waals surface area contributed by atoms with Crippen LogP contribution in [0.4, 0.5) is 17.6 Å². The van der Waals surface area contributed by atoms with Gasteiger partial charge in [-0.3, -0.25) is 4.79 Å². The monoisotopic (exact) mass is 605 g/mol. The van der Waals surface area contributed by atoms with Crippen LogP contribution in [0.15, 0.2) is 41.7 Å². The highest BCUT2D eigenvalue weighted by molar-refractivity contribution is 7.15. The number of hydrogen-bond acceptors (Lipinski definition) is 5. The third-order valence-corrected chi connectivity index (χ3v) is 8.18. The zero-order chi connectivity index (χ0) is 27.4. The van der Waals surface area contributed by atoms with Gasteiger partial charge in [-0.1, -0.05) is 46.0 Å². The molecule has 0 spiro atoms. The largest absolute Gasteiger partial charge is 0.435 e. The fourth-order valence-corrected chi connectivity index (χ4v) is 5.83. The number of carbonyl (C=O) groups excluding carboxylic acids is 1. The van der Waals surface area contributed by atoms with E-state index in [1.807, 2.05) is 0 Å². The van der Waals surface area contributed by atoms with Gasteiger partial charge < -0.3 is 9.74 Å². The molecule has 200 valence electrons. The maximum atomic E-state index is 14.3. The molecule has 1 amide bonds. The number of nitrogens with zero attached hydrogens (tertiary/aromatic N) is 3. The fraction of sp³-hybridized carbons (Fsp3) is 0.320. The van der Waals surface area contributed by atoms with Crippen LogP contribution in [0.1, 0.15) is 51.2 Å². The van der Waals surface area contributed by atoms with Gasteiger partial charge in [0.05, 0.1) is 22.3 Å². The molecule has 2 heterocycles. The molecule has 1 aliphatic carbocycles. The summed E-state index contributed by atoms with van der Waals surface area (Å²) in [6.07, 6.45) is -2.20. The van der Waals surface area contributed by atoms with E-state index in [4.69, 9.17) is 39.6 Å². The lowest BCUT2D eigenvalue weighted by atomic mass is 9.86. The molecule has 1 aromatic heterocycles. The lowest BCUT2D eigenvalue weighted by Gasteiger charge is -2.29. The molecular formula is C25H18Cl3F4N3O2S. The van der Waals surface area contributed by atoms with Crippen molar-refractivity contribution in [2.75, 3.05) is 0 Å². The predicted molar refractivity (Wildman–Crippen MR) is 138 cm³/mol. The van der Waals surface area contributed by atoms with Gasteiger partial charge in [0.1, 0.15) is 0 Å². The highest BCUT2D eigenvalue weighted by Crippen LogP contribution is 2.50. The molecule has 0 bridgehead atoms. The van der Waals surface area contributed by atoms with Gasteiger partial charge in [-0.25, -0.2) is 9.37 Å². The molecular weight excluding hydrogens is 589 g/mol. The van der Waals surface area contributed by atoms with Gasteiger partial charge in [-0.2, -0.15) is 13.2 Å². The topological polar surface area (TPSA) is 54.8 Å². The van der Waals surface area contributed by atoms with Crippen molar-refractivity contribution in [2.45, 2.75) is 50.6 Å². The van der Waals surface area contributed by atoms with Crippen LogP contribution in [0.3, 0.4) is 0 Å². The van der Waals surface area contributed by atoms with Crippen LogP contribution >= 0.6 is 46.1 Å². The number of aryl methyl sites for hydroxylation is 1. The molecule has 1 saturated carbocycles. The summed E-state index contributed by atoms with van der Waals surface area (Å²) in [5.74, 6) is -1.21. The highest BCUT2D eigenvalue weighted by Gasteiger charge is 2.62. The molecule has 0 radical (unpaired) electrons. The van der Waals surface area contributed by atoms with E-state index in [0.717, 1.165) is 29.9 Å². The number of carbonyl (C=O) groups is 1. The van der Waals surface area contributed by atoms with Crippen molar-refractivity contribution in [3.05, 3.63) is 84.0 Å². The summed E-state index contributed by atoms with van der Waals surface area (Å²) in [6.45, 7) is 2.07. The second-order valence-corrected chi connectivity index (χ2v) is 11.7. The first-order chi connectivity index (χ1) is 17.9. The summed E-state index contributed by atoms with van der Waals surface area (Å²) in [7, 11) is 0. The van der Waals surface area contributed by atoms with Crippen molar-refractivity contribution in [1.29, 1.82) is 0 Å². The molecule has 0 N–H and O–H groups in total. The Labute approximate surface area is 233 Å². The van der Waals surface area contributed by atoms with Crippen LogP contribution < -0.4 is 0 Å². The molecule has 5 rings (SSSR count). The molecule has 1 unspecified atom stereocenters. The van der Waals surface area contributed by atoms with Crippen molar-refractivity contribution in [2.24, 2.45) is 5.16 Å². The smallest absolute Gasteiger partial charge is 0.374 e. The van der Waals surface area contributed by atoms with E-state index in [2.05, 4.69) is 10.1 Å². The summed E-state index contributed by atoms with van der Waals surface area (Å²) in [6, 6.07) is 6.49. The quantitative estimate of drug-likeness (QED) is 0.211. The second-order valence-electron chi connectivity index (χ2n) is 9.16. The number of hydrogen-bond donors (Lipinski definition) is 0. The molecule has 38 heavy (non-hydrogen) atoms. The van der Waals surface area contributed by atoms with Crippen molar-refractivity contribution >= 4 is 57.8 Å². The Bertz CT molecular complexity index is 1430. The molecule has 2 aliphatic rings. The van der Waals surface area contributed by atoms with E-state index < -0.39 is 39.6 Å². The molecule has 13 heteroatoms.